The Bertz CT molecular complexity index is 842. The number of anilines is 1. The van der Waals surface area contributed by atoms with Crippen molar-refractivity contribution in [2.45, 2.75) is 39.2 Å². The van der Waals surface area contributed by atoms with E-state index in [4.69, 9.17) is 0 Å². The Kier molecular flexibility index (Phi) is 5.51. The third kappa shape index (κ3) is 3.85. The summed E-state index contributed by atoms with van der Waals surface area (Å²) < 4.78 is 1.20. The standard InChI is InChI=1S/C18H25N5O3/c1-13(2)11-14(21-8-5-6-9-21)12-19-17-16(23(25)26)18(24)22-10-4-3-7-15(22)20-17/h3-4,7,10,13-14,19H,5-6,8-9,11-12H2,1-2H3/t14-/m0/s1. The van der Waals surface area contributed by atoms with Gasteiger partial charge in [-0.2, -0.15) is 0 Å². The van der Waals surface area contributed by atoms with Crippen LogP contribution in [0.5, 0.6) is 0 Å². The van der Waals surface area contributed by atoms with Crippen molar-refractivity contribution in [2.24, 2.45) is 5.92 Å². The van der Waals surface area contributed by atoms with Gasteiger partial charge in [0.2, 0.25) is 5.82 Å². The number of fused-ring (bicyclic) bond motifs is 1. The topological polar surface area (TPSA) is 92.8 Å². The minimum absolute atomic E-state index is 0.0548. The van der Waals surface area contributed by atoms with Crippen molar-refractivity contribution in [3.63, 3.8) is 0 Å². The van der Waals surface area contributed by atoms with Crippen molar-refractivity contribution >= 4 is 17.2 Å². The molecule has 3 heterocycles. The second-order valence-electron chi connectivity index (χ2n) is 7.21. The summed E-state index contributed by atoms with van der Waals surface area (Å²) in [4.78, 5) is 30.1. The van der Waals surface area contributed by atoms with E-state index in [0.29, 0.717) is 18.1 Å². The second kappa shape index (κ2) is 7.82. The van der Waals surface area contributed by atoms with E-state index in [2.05, 4.69) is 29.0 Å². The molecule has 8 heteroatoms. The monoisotopic (exact) mass is 359 g/mol. The summed E-state index contributed by atoms with van der Waals surface area (Å²) >= 11 is 0. The van der Waals surface area contributed by atoms with E-state index >= 15 is 0 Å². The Hall–Kier alpha value is -2.48. The molecule has 26 heavy (non-hydrogen) atoms. The molecule has 140 valence electrons. The number of nitrogens with one attached hydrogen (secondary N) is 1. The number of pyridine rings is 1. The van der Waals surface area contributed by atoms with Crippen LogP contribution in [0.25, 0.3) is 5.65 Å². The van der Waals surface area contributed by atoms with Gasteiger partial charge in [-0.25, -0.2) is 4.98 Å². The van der Waals surface area contributed by atoms with Crippen molar-refractivity contribution in [3.8, 4) is 0 Å². The van der Waals surface area contributed by atoms with E-state index in [0.717, 1.165) is 19.5 Å². The molecule has 1 aliphatic rings. The van der Waals surface area contributed by atoms with E-state index in [-0.39, 0.29) is 11.9 Å². The van der Waals surface area contributed by atoms with Gasteiger partial charge in [-0.15, -0.1) is 0 Å². The van der Waals surface area contributed by atoms with Crippen LogP contribution in [-0.2, 0) is 0 Å². The average Bonchev–Trinajstić information content (AvgIpc) is 3.12. The van der Waals surface area contributed by atoms with Crippen LogP contribution in [0.2, 0.25) is 0 Å². The Labute approximate surface area is 152 Å². The predicted octanol–water partition coefficient (Wildman–Crippen LogP) is 2.53. The van der Waals surface area contributed by atoms with Crippen molar-refractivity contribution in [2.75, 3.05) is 25.0 Å². The van der Waals surface area contributed by atoms with E-state index < -0.39 is 16.2 Å². The number of likely N-dealkylation sites (tertiary alicyclic amines) is 1. The van der Waals surface area contributed by atoms with Crippen LogP contribution in [0, 0.1) is 16.0 Å². The molecule has 2 aromatic heterocycles. The van der Waals surface area contributed by atoms with Gasteiger partial charge in [0.05, 0.1) is 4.92 Å². The van der Waals surface area contributed by atoms with Crippen LogP contribution >= 0.6 is 0 Å². The molecular formula is C18H25N5O3. The molecule has 1 N–H and O–H groups in total. The average molecular weight is 359 g/mol. The molecule has 1 fully saturated rings. The number of rotatable bonds is 7. The maximum Gasteiger partial charge on any atom is 0.376 e. The van der Waals surface area contributed by atoms with Gasteiger partial charge < -0.3 is 5.32 Å². The van der Waals surface area contributed by atoms with Crippen LogP contribution in [-0.4, -0.2) is 44.9 Å². The first kappa shape index (κ1) is 18.3. The number of nitrogens with zero attached hydrogens (tertiary/aromatic N) is 4. The number of hydrogen-bond acceptors (Lipinski definition) is 6. The molecule has 1 atom stereocenters. The molecule has 8 nitrogen and oxygen atoms in total. The summed E-state index contributed by atoms with van der Waals surface area (Å²) in [5, 5.41) is 14.6. The Morgan fingerprint density at radius 3 is 2.69 bits per heavy atom. The van der Waals surface area contributed by atoms with Crippen LogP contribution in [0.15, 0.2) is 29.2 Å². The van der Waals surface area contributed by atoms with Gasteiger partial charge in [0.15, 0.2) is 0 Å². The Morgan fingerprint density at radius 1 is 1.31 bits per heavy atom. The highest BCUT2D eigenvalue weighted by Gasteiger charge is 2.26. The van der Waals surface area contributed by atoms with Crippen molar-refractivity contribution in [1.82, 2.24) is 14.3 Å². The third-order valence-electron chi connectivity index (χ3n) is 4.80. The van der Waals surface area contributed by atoms with Crippen LogP contribution in [0.3, 0.4) is 0 Å². The highest BCUT2D eigenvalue weighted by molar-refractivity contribution is 5.59. The molecule has 0 aromatic carbocycles. The first-order valence-corrected chi connectivity index (χ1v) is 9.11. The van der Waals surface area contributed by atoms with Gasteiger partial charge in [0.25, 0.3) is 0 Å². The highest BCUT2D eigenvalue weighted by atomic mass is 16.6. The maximum absolute atomic E-state index is 12.5. The summed E-state index contributed by atoms with van der Waals surface area (Å²) in [6, 6.07) is 5.35. The molecule has 3 rings (SSSR count). The van der Waals surface area contributed by atoms with E-state index in [9.17, 15) is 14.9 Å². The predicted molar refractivity (Wildman–Crippen MR) is 101 cm³/mol. The first-order chi connectivity index (χ1) is 12.5. The Balaban J connectivity index is 1.90. The van der Waals surface area contributed by atoms with Crippen molar-refractivity contribution in [1.29, 1.82) is 0 Å². The maximum atomic E-state index is 12.5. The number of aromatic nitrogens is 2. The molecule has 0 unspecified atom stereocenters. The molecule has 0 radical (unpaired) electrons. The van der Waals surface area contributed by atoms with E-state index in [1.54, 1.807) is 18.2 Å². The first-order valence-electron chi connectivity index (χ1n) is 9.11. The minimum Gasteiger partial charge on any atom is -0.363 e. The lowest BCUT2D eigenvalue weighted by Gasteiger charge is -2.29. The molecule has 0 bridgehead atoms. The lowest BCUT2D eigenvalue weighted by molar-refractivity contribution is -0.385. The zero-order chi connectivity index (χ0) is 18.7. The van der Waals surface area contributed by atoms with Crippen LogP contribution in [0.1, 0.15) is 33.1 Å². The van der Waals surface area contributed by atoms with Crippen LogP contribution in [0.4, 0.5) is 11.5 Å². The fourth-order valence-corrected chi connectivity index (χ4v) is 3.59. The Morgan fingerprint density at radius 2 is 2.04 bits per heavy atom. The third-order valence-corrected chi connectivity index (χ3v) is 4.80. The smallest absolute Gasteiger partial charge is 0.363 e. The minimum atomic E-state index is -0.662. The van der Waals surface area contributed by atoms with E-state index in [1.807, 2.05) is 0 Å². The number of nitro groups is 1. The van der Waals surface area contributed by atoms with Gasteiger partial charge in [-0.3, -0.25) is 24.2 Å². The summed E-state index contributed by atoms with van der Waals surface area (Å²) in [6.45, 7) is 6.98. The molecule has 1 aliphatic heterocycles. The molecular weight excluding hydrogens is 334 g/mol. The highest BCUT2D eigenvalue weighted by Crippen LogP contribution is 2.21. The summed E-state index contributed by atoms with van der Waals surface area (Å²) in [5.41, 5.74) is -0.768. The van der Waals surface area contributed by atoms with E-state index in [1.165, 1.54) is 23.4 Å². The molecule has 0 aliphatic carbocycles. The van der Waals surface area contributed by atoms with Crippen molar-refractivity contribution in [3.05, 3.63) is 44.9 Å². The van der Waals surface area contributed by atoms with Gasteiger partial charge in [-0.05, 0) is 50.4 Å². The van der Waals surface area contributed by atoms with Gasteiger partial charge in [0.1, 0.15) is 5.65 Å². The fourth-order valence-electron chi connectivity index (χ4n) is 3.59. The van der Waals surface area contributed by atoms with Gasteiger partial charge in [0, 0.05) is 18.8 Å². The van der Waals surface area contributed by atoms with Gasteiger partial charge in [-0.1, -0.05) is 19.9 Å². The zero-order valence-corrected chi connectivity index (χ0v) is 15.2. The lowest BCUT2D eigenvalue weighted by atomic mass is 10.0. The number of hydrogen-bond donors (Lipinski definition) is 1. The normalized spacial score (nSPS) is 16.3. The second-order valence-corrected chi connectivity index (χ2v) is 7.21. The summed E-state index contributed by atoms with van der Waals surface area (Å²) in [7, 11) is 0. The molecule has 0 amide bonds. The lowest BCUT2D eigenvalue weighted by Crippen LogP contribution is -2.39. The quantitative estimate of drug-likeness (QED) is 0.603. The largest absolute Gasteiger partial charge is 0.376 e. The fraction of sp³-hybridized carbons (Fsp3) is 0.556. The van der Waals surface area contributed by atoms with Crippen molar-refractivity contribution < 1.29 is 4.92 Å². The van der Waals surface area contributed by atoms with Gasteiger partial charge >= 0.3 is 11.2 Å². The molecule has 0 saturated carbocycles. The SMILES string of the molecule is CC(C)C[C@@H](CNc1nc2ccccn2c(=O)c1[N+](=O)[O-])N1CCCC1. The molecule has 1 saturated heterocycles. The summed E-state index contributed by atoms with van der Waals surface area (Å²) in [6.07, 6.45) is 4.86. The zero-order valence-electron chi connectivity index (χ0n) is 15.2. The summed E-state index contributed by atoms with van der Waals surface area (Å²) in [5.74, 6) is 0.576. The molecule has 2 aromatic rings. The van der Waals surface area contributed by atoms with Crippen LogP contribution < -0.4 is 10.9 Å². The molecule has 0 spiro atoms.